The fourth-order valence-electron chi connectivity index (χ4n) is 2.49. The maximum atomic E-state index is 11.5. The highest BCUT2D eigenvalue weighted by atomic mass is 32.2. The molecule has 0 amide bonds. The number of rotatable bonds is 3. The average Bonchev–Trinajstić information content (AvgIpc) is 2.66. The maximum Gasteiger partial charge on any atom is 0.232 e. The van der Waals surface area contributed by atoms with Gasteiger partial charge in [-0.2, -0.15) is 0 Å². The van der Waals surface area contributed by atoms with Gasteiger partial charge < -0.3 is 5.32 Å². The van der Waals surface area contributed by atoms with Crippen LogP contribution in [0.2, 0.25) is 0 Å². The fraction of sp³-hybridized carbons (Fsp3) is 0.533. The molecular formula is C15H23N3O2S. The third-order valence-corrected chi connectivity index (χ3v) is 4.02. The number of nitrogens with one attached hydrogen (secondary N) is 2. The van der Waals surface area contributed by atoms with E-state index in [1.807, 2.05) is 30.3 Å². The molecule has 0 aromatic heterocycles. The smallest absolute Gasteiger partial charge is 0.232 e. The first kappa shape index (κ1) is 15.8. The Morgan fingerprint density at radius 3 is 2.29 bits per heavy atom. The van der Waals surface area contributed by atoms with Crippen molar-refractivity contribution in [3.63, 3.8) is 0 Å². The number of sulfonamides is 1. The minimum absolute atomic E-state index is 0.188. The van der Waals surface area contributed by atoms with Crippen LogP contribution in [0.15, 0.2) is 35.3 Å². The molecule has 0 aliphatic heterocycles. The maximum absolute atomic E-state index is 11.5. The van der Waals surface area contributed by atoms with E-state index in [0.717, 1.165) is 37.6 Å². The summed E-state index contributed by atoms with van der Waals surface area (Å²) >= 11 is 0. The molecule has 6 heteroatoms. The van der Waals surface area contributed by atoms with E-state index in [2.05, 4.69) is 15.0 Å². The Morgan fingerprint density at radius 2 is 1.71 bits per heavy atom. The van der Waals surface area contributed by atoms with Gasteiger partial charge in [-0.1, -0.05) is 43.9 Å². The Hall–Kier alpha value is -1.56. The molecule has 1 aromatic rings. The number of hydrogen-bond donors (Lipinski definition) is 2. The van der Waals surface area contributed by atoms with Gasteiger partial charge in [-0.15, -0.1) is 0 Å². The zero-order valence-electron chi connectivity index (χ0n) is 12.4. The van der Waals surface area contributed by atoms with Gasteiger partial charge in [0, 0.05) is 5.69 Å². The van der Waals surface area contributed by atoms with E-state index >= 15 is 0 Å². The number of anilines is 1. The molecule has 2 rings (SSSR count). The van der Waals surface area contributed by atoms with Gasteiger partial charge in [-0.3, -0.25) is 4.72 Å². The van der Waals surface area contributed by atoms with Crippen LogP contribution in [0.4, 0.5) is 5.69 Å². The van der Waals surface area contributed by atoms with E-state index in [1.165, 1.54) is 12.8 Å². The molecule has 21 heavy (non-hydrogen) atoms. The Bertz CT molecular complexity index is 562. The van der Waals surface area contributed by atoms with Crippen LogP contribution in [-0.2, 0) is 10.0 Å². The number of para-hydroxylation sites is 1. The molecule has 0 atom stereocenters. The summed E-state index contributed by atoms with van der Waals surface area (Å²) in [5, 5.41) is 3.06. The highest BCUT2D eigenvalue weighted by Crippen LogP contribution is 2.20. The van der Waals surface area contributed by atoms with E-state index in [9.17, 15) is 8.42 Å². The van der Waals surface area contributed by atoms with Crippen LogP contribution in [0, 0.1) is 0 Å². The number of aliphatic imine (C=N–C) groups is 1. The Kier molecular flexibility index (Phi) is 5.61. The summed E-state index contributed by atoms with van der Waals surface area (Å²) in [6.07, 6.45) is 7.98. The third kappa shape index (κ3) is 6.16. The van der Waals surface area contributed by atoms with Crippen molar-refractivity contribution in [1.29, 1.82) is 0 Å². The van der Waals surface area contributed by atoms with Crippen LogP contribution in [0.1, 0.15) is 38.5 Å². The first-order valence-electron chi connectivity index (χ1n) is 7.40. The zero-order valence-corrected chi connectivity index (χ0v) is 13.2. The van der Waals surface area contributed by atoms with Gasteiger partial charge in [0.2, 0.25) is 16.0 Å². The van der Waals surface area contributed by atoms with Gasteiger partial charge in [-0.05, 0) is 25.0 Å². The van der Waals surface area contributed by atoms with Crippen LogP contribution in [-0.4, -0.2) is 26.7 Å². The lowest BCUT2D eigenvalue weighted by atomic mass is 10.1. The topological polar surface area (TPSA) is 70.6 Å². The van der Waals surface area contributed by atoms with Gasteiger partial charge in [0.05, 0.1) is 12.3 Å². The van der Waals surface area contributed by atoms with Crippen molar-refractivity contribution in [2.45, 2.75) is 44.6 Å². The van der Waals surface area contributed by atoms with Crippen molar-refractivity contribution in [1.82, 2.24) is 4.72 Å². The van der Waals surface area contributed by atoms with E-state index in [-0.39, 0.29) is 6.04 Å². The molecule has 0 heterocycles. The zero-order chi connectivity index (χ0) is 15.1. The van der Waals surface area contributed by atoms with Gasteiger partial charge in [-0.25, -0.2) is 13.4 Å². The highest BCUT2D eigenvalue weighted by Gasteiger charge is 2.14. The predicted molar refractivity (Wildman–Crippen MR) is 87.0 cm³/mol. The second-order valence-corrected chi connectivity index (χ2v) is 7.24. The van der Waals surface area contributed by atoms with Crippen LogP contribution < -0.4 is 10.0 Å². The monoisotopic (exact) mass is 309 g/mol. The second-order valence-electron chi connectivity index (χ2n) is 5.49. The molecule has 0 radical (unpaired) electrons. The summed E-state index contributed by atoms with van der Waals surface area (Å²) in [5.74, 6) is 0.315. The summed E-state index contributed by atoms with van der Waals surface area (Å²) in [7, 11) is -3.35. The summed E-state index contributed by atoms with van der Waals surface area (Å²) in [4.78, 5) is 4.59. The average molecular weight is 309 g/mol. The third-order valence-electron chi connectivity index (χ3n) is 3.45. The molecule has 0 bridgehead atoms. The minimum atomic E-state index is -3.35. The molecule has 0 spiro atoms. The van der Waals surface area contributed by atoms with Gasteiger partial charge in [0.15, 0.2) is 0 Å². The molecule has 1 saturated carbocycles. The number of benzene rings is 1. The Morgan fingerprint density at radius 1 is 1.10 bits per heavy atom. The normalized spacial score (nSPS) is 18.0. The quantitative estimate of drug-likeness (QED) is 0.512. The van der Waals surface area contributed by atoms with Gasteiger partial charge >= 0.3 is 0 Å². The highest BCUT2D eigenvalue weighted by molar-refractivity contribution is 7.89. The first-order chi connectivity index (χ1) is 10.0. The number of hydrogen-bond acceptors (Lipinski definition) is 3. The van der Waals surface area contributed by atoms with E-state index in [1.54, 1.807) is 0 Å². The molecule has 1 fully saturated rings. The van der Waals surface area contributed by atoms with E-state index in [0.29, 0.717) is 5.96 Å². The lowest BCUT2D eigenvalue weighted by molar-refractivity contribution is 0.581. The van der Waals surface area contributed by atoms with Crippen molar-refractivity contribution in [3.05, 3.63) is 30.3 Å². The van der Waals surface area contributed by atoms with Crippen LogP contribution in [0.25, 0.3) is 0 Å². The number of nitrogens with zero attached hydrogens (tertiary/aromatic N) is 1. The second kappa shape index (κ2) is 7.45. The SMILES string of the molecule is CS(=O)(=O)NC(=NC1CCCCCC1)Nc1ccccc1. The molecule has 2 N–H and O–H groups in total. The predicted octanol–water partition coefficient (Wildman–Crippen LogP) is 2.73. The first-order valence-corrected chi connectivity index (χ1v) is 9.30. The van der Waals surface area contributed by atoms with Gasteiger partial charge in [0.25, 0.3) is 0 Å². The van der Waals surface area contributed by atoms with Crippen LogP contribution in [0.5, 0.6) is 0 Å². The summed E-state index contributed by atoms with van der Waals surface area (Å²) in [6, 6.07) is 9.65. The van der Waals surface area contributed by atoms with E-state index in [4.69, 9.17) is 0 Å². The van der Waals surface area contributed by atoms with Crippen LogP contribution in [0.3, 0.4) is 0 Å². The van der Waals surface area contributed by atoms with Crippen molar-refractivity contribution in [2.75, 3.05) is 11.6 Å². The van der Waals surface area contributed by atoms with Crippen molar-refractivity contribution in [2.24, 2.45) is 4.99 Å². The molecule has 1 aliphatic rings. The molecule has 1 aliphatic carbocycles. The van der Waals surface area contributed by atoms with Crippen molar-refractivity contribution in [3.8, 4) is 0 Å². The summed E-state index contributed by atoms with van der Waals surface area (Å²) in [5.41, 5.74) is 0.820. The summed E-state index contributed by atoms with van der Waals surface area (Å²) < 4.78 is 25.5. The van der Waals surface area contributed by atoms with Crippen molar-refractivity contribution >= 4 is 21.7 Å². The van der Waals surface area contributed by atoms with Gasteiger partial charge in [0.1, 0.15) is 0 Å². The van der Waals surface area contributed by atoms with Crippen molar-refractivity contribution < 1.29 is 8.42 Å². The molecule has 116 valence electrons. The fourth-order valence-corrected chi connectivity index (χ4v) is 2.94. The lowest BCUT2D eigenvalue weighted by Gasteiger charge is -2.15. The molecule has 5 nitrogen and oxygen atoms in total. The standard InChI is InChI=1S/C15H23N3O2S/c1-21(19,20)18-15(17-14-11-7-4-8-12-14)16-13-9-5-2-3-6-10-13/h4,7-8,11-13H,2-3,5-6,9-10H2,1H3,(H2,16,17,18). The molecule has 0 unspecified atom stereocenters. The largest absolute Gasteiger partial charge is 0.326 e. The minimum Gasteiger partial charge on any atom is -0.326 e. The Balaban J connectivity index is 2.14. The molecule has 1 aromatic carbocycles. The molecule has 0 saturated heterocycles. The van der Waals surface area contributed by atoms with E-state index < -0.39 is 10.0 Å². The molecular weight excluding hydrogens is 286 g/mol. The lowest BCUT2D eigenvalue weighted by Crippen LogP contribution is -2.36. The summed E-state index contributed by atoms with van der Waals surface area (Å²) in [6.45, 7) is 0. The number of guanidine groups is 1. The van der Waals surface area contributed by atoms with Crippen LogP contribution >= 0.6 is 0 Å². The Labute approximate surface area is 126 Å².